The molecule has 1 aromatic carbocycles. The van der Waals surface area contributed by atoms with Gasteiger partial charge in [0.2, 0.25) is 5.91 Å². The lowest BCUT2D eigenvalue weighted by atomic mass is 10.1. The molecule has 0 fully saturated rings. The first-order valence-electron chi connectivity index (χ1n) is 6.89. The Morgan fingerprint density at radius 1 is 1.12 bits per heavy atom. The molecule has 10 heteroatoms. The first-order chi connectivity index (χ1) is 11.0. The number of aliphatic hydroxyl groups excluding tert-OH is 1. The van der Waals surface area contributed by atoms with Gasteiger partial charge in [0.25, 0.3) is 0 Å². The van der Waals surface area contributed by atoms with Crippen LogP contribution in [0.2, 0.25) is 0 Å². The normalized spacial score (nSPS) is 12.5. The molecule has 2 N–H and O–H groups in total. The number of para-hydroxylation sites is 1. The number of anilines is 1. The Morgan fingerprint density at radius 2 is 1.75 bits per heavy atom. The van der Waals surface area contributed by atoms with Gasteiger partial charge in [0.15, 0.2) is 0 Å². The van der Waals surface area contributed by atoms with Crippen molar-refractivity contribution in [3.63, 3.8) is 0 Å². The predicted octanol–water partition coefficient (Wildman–Crippen LogP) is 2.89. The van der Waals surface area contributed by atoms with Gasteiger partial charge in [0.1, 0.15) is 0 Å². The van der Waals surface area contributed by atoms with Crippen LogP contribution >= 0.6 is 0 Å². The van der Waals surface area contributed by atoms with E-state index in [1.807, 2.05) is 5.32 Å². The molecule has 0 aliphatic carbocycles. The number of nitrogens with one attached hydrogen (secondary N) is 1. The highest BCUT2D eigenvalue weighted by atomic mass is 19.4. The van der Waals surface area contributed by atoms with Crippen LogP contribution in [0.3, 0.4) is 0 Å². The molecule has 1 aromatic rings. The fourth-order valence-electron chi connectivity index (χ4n) is 1.99. The summed E-state index contributed by atoms with van der Waals surface area (Å²) in [6.45, 7) is -2.73. The largest absolute Gasteiger partial charge is 0.418 e. The van der Waals surface area contributed by atoms with Gasteiger partial charge in [0.05, 0.1) is 24.3 Å². The van der Waals surface area contributed by atoms with Crippen molar-refractivity contribution in [2.45, 2.75) is 18.8 Å². The van der Waals surface area contributed by atoms with Crippen molar-refractivity contribution in [1.29, 1.82) is 0 Å². The second kappa shape index (κ2) is 8.34. The molecular formula is C14H16F6N2O2. The van der Waals surface area contributed by atoms with Crippen molar-refractivity contribution in [3.05, 3.63) is 29.8 Å². The van der Waals surface area contributed by atoms with Gasteiger partial charge in [-0.05, 0) is 18.6 Å². The average molecular weight is 358 g/mol. The number of nitrogens with zero attached hydrogens (tertiary/aromatic N) is 1. The lowest BCUT2D eigenvalue weighted by Gasteiger charge is -2.23. The van der Waals surface area contributed by atoms with E-state index in [4.69, 9.17) is 5.11 Å². The first-order valence-corrected chi connectivity index (χ1v) is 6.89. The summed E-state index contributed by atoms with van der Waals surface area (Å²) in [6, 6.07) is 4.18. The van der Waals surface area contributed by atoms with E-state index in [1.54, 1.807) is 0 Å². The summed E-state index contributed by atoms with van der Waals surface area (Å²) in [5.74, 6) is -1.01. The molecule has 0 atom stereocenters. The number of amides is 1. The van der Waals surface area contributed by atoms with Gasteiger partial charge in [-0.3, -0.25) is 9.69 Å². The van der Waals surface area contributed by atoms with Crippen LogP contribution in [-0.2, 0) is 11.0 Å². The zero-order chi connectivity index (χ0) is 18.4. The van der Waals surface area contributed by atoms with E-state index in [0.29, 0.717) is 4.90 Å². The van der Waals surface area contributed by atoms with Crippen LogP contribution in [0.5, 0.6) is 0 Å². The molecule has 24 heavy (non-hydrogen) atoms. The Hall–Kier alpha value is -1.81. The molecular weight excluding hydrogens is 342 g/mol. The number of benzene rings is 1. The second-order valence-corrected chi connectivity index (χ2v) is 4.99. The third-order valence-electron chi connectivity index (χ3n) is 2.91. The van der Waals surface area contributed by atoms with Crippen molar-refractivity contribution in [2.24, 2.45) is 0 Å². The fourth-order valence-corrected chi connectivity index (χ4v) is 1.99. The molecule has 1 rings (SSSR count). The fraction of sp³-hybridized carbons (Fsp3) is 0.500. The average Bonchev–Trinajstić information content (AvgIpc) is 2.42. The van der Waals surface area contributed by atoms with Crippen molar-refractivity contribution in [2.75, 3.05) is 31.6 Å². The van der Waals surface area contributed by atoms with E-state index in [1.165, 1.54) is 6.07 Å². The second-order valence-electron chi connectivity index (χ2n) is 4.99. The van der Waals surface area contributed by atoms with Crippen molar-refractivity contribution < 1.29 is 36.2 Å². The Bertz CT molecular complexity index is 545. The van der Waals surface area contributed by atoms with Gasteiger partial charge >= 0.3 is 12.4 Å². The zero-order valence-corrected chi connectivity index (χ0v) is 12.4. The number of hydrogen-bond donors (Lipinski definition) is 2. The number of carbonyl (C=O) groups excluding carboxylic acids is 1. The summed E-state index contributed by atoms with van der Waals surface area (Å²) in [4.78, 5) is 12.5. The molecule has 4 nitrogen and oxygen atoms in total. The quantitative estimate of drug-likeness (QED) is 0.737. The van der Waals surface area contributed by atoms with E-state index in [2.05, 4.69) is 0 Å². The Balaban J connectivity index is 2.79. The van der Waals surface area contributed by atoms with Crippen LogP contribution in [0, 0.1) is 0 Å². The van der Waals surface area contributed by atoms with E-state index in [-0.39, 0.29) is 19.6 Å². The van der Waals surface area contributed by atoms with Crippen molar-refractivity contribution in [1.82, 2.24) is 4.90 Å². The lowest BCUT2D eigenvalue weighted by Crippen LogP contribution is -2.40. The third-order valence-corrected chi connectivity index (χ3v) is 2.91. The molecule has 0 spiro atoms. The maximum absolute atomic E-state index is 12.8. The number of carbonyl (C=O) groups is 1. The standard InChI is InChI=1S/C14H16F6N2O2/c15-13(16,17)9-22(6-3-7-23)8-12(24)21-11-5-2-1-4-10(11)14(18,19)20/h1-2,4-5,23H,3,6-9H2,(H,21,24). The van der Waals surface area contributed by atoms with Crippen LogP contribution in [-0.4, -0.2) is 48.3 Å². The third kappa shape index (κ3) is 7.18. The Kier molecular flexibility index (Phi) is 7.03. The number of hydrogen-bond acceptors (Lipinski definition) is 3. The number of rotatable bonds is 7. The minimum Gasteiger partial charge on any atom is -0.396 e. The van der Waals surface area contributed by atoms with E-state index in [9.17, 15) is 31.1 Å². The van der Waals surface area contributed by atoms with E-state index in [0.717, 1.165) is 18.2 Å². The van der Waals surface area contributed by atoms with E-state index >= 15 is 0 Å². The summed E-state index contributed by atoms with van der Waals surface area (Å²) < 4.78 is 75.8. The van der Waals surface area contributed by atoms with Gasteiger partial charge in [0, 0.05) is 13.2 Å². The van der Waals surface area contributed by atoms with Crippen molar-refractivity contribution in [3.8, 4) is 0 Å². The molecule has 0 aromatic heterocycles. The van der Waals surface area contributed by atoms with Gasteiger partial charge in [-0.1, -0.05) is 12.1 Å². The molecule has 0 unspecified atom stereocenters. The minimum atomic E-state index is -4.70. The van der Waals surface area contributed by atoms with Gasteiger partial charge in [-0.2, -0.15) is 26.3 Å². The summed E-state index contributed by atoms with van der Waals surface area (Å²) in [6.07, 6.45) is -9.27. The molecule has 0 aliphatic rings. The van der Waals surface area contributed by atoms with Gasteiger partial charge in [-0.25, -0.2) is 0 Å². The molecule has 0 aliphatic heterocycles. The summed E-state index contributed by atoms with van der Waals surface area (Å²) >= 11 is 0. The highest BCUT2D eigenvalue weighted by molar-refractivity contribution is 5.93. The summed E-state index contributed by atoms with van der Waals surface area (Å²) in [5.41, 5.74) is -1.61. The Labute approximate surface area is 134 Å². The first kappa shape index (κ1) is 20.2. The smallest absolute Gasteiger partial charge is 0.396 e. The molecule has 136 valence electrons. The van der Waals surface area contributed by atoms with Crippen LogP contribution in [0.25, 0.3) is 0 Å². The maximum Gasteiger partial charge on any atom is 0.418 e. The lowest BCUT2D eigenvalue weighted by molar-refractivity contribution is -0.148. The van der Waals surface area contributed by atoms with Gasteiger partial charge in [-0.15, -0.1) is 0 Å². The van der Waals surface area contributed by atoms with Crippen molar-refractivity contribution >= 4 is 11.6 Å². The summed E-state index contributed by atoms with van der Waals surface area (Å²) in [5, 5.41) is 10.7. The van der Waals surface area contributed by atoms with Crippen LogP contribution in [0.4, 0.5) is 32.0 Å². The van der Waals surface area contributed by atoms with Crippen LogP contribution in [0.1, 0.15) is 12.0 Å². The molecule has 0 saturated carbocycles. The maximum atomic E-state index is 12.8. The molecule has 0 saturated heterocycles. The predicted molar refractivity (Wildman–Crippen MR) is 74.3 cm³/mol. The number of alkyl halides is 6. The molecule has 0 bridgehead atoms. The van der Waals surface area contributed by atoms with Crippen LogP contribution < -0.4 is 5.32 Å². The monoisotopic (exact) mass is 358 g/mol. The SMILES string of the molecule is O=C(CN(CCCO)CC(F)(F)F)Nc1ccccc1C(F)(F)F. The minimum absolute atomic E-state index is 0.00248. The van der Waals surface area contributed by atoms with Gasteiger partial charge < -0.3 is 10.4 Å². The van der Waals surface area contributed by atoms with Crippen LogP contribution in [0.15, 0.2) is 24.3 Å². The zero-order valence-electron chi connectivity index (χ0n) is 12.4. The van der Waals surface area contributed by atoms with E-state index < -0.39 is 42.6 Å². The Morgan fingerprint density at radius 3 is 2.29 bits per heavy atom. The molecule has 0 heterocycles. The number of aliphatic hydroxyl groups is 1. The highest BCUT2D eigenvalue weighted by Crippen LogP contribution is 2.34. The topological polar surface area (TPSA) is 52.6 Å². The highest BCUT2D eigenvalue weighted by Gasteiger charge is 2.34. The summed E-state index contributed by atoms with van der Waals surface area (Å²) in [7, 11) is 0. The number of halogens is 6. The molecule has 1 amide bonds. The molecule has 0 radical (unpaired) electrons.